The van der Waals surface area contributed by atoms with Gasteiger partial charge in [-0.1, -0.05) is 30.3 Å². The summed E-state index contributed by atoms with van der Waals surface area (Å²) in [5.74, 6) is -0.141. The van der Waals surface area contributed by atoms with Gasteiger partial charge in [-0.2, -0.15) is 4.31 Å². The number of carbonyl (C=O) groups excluding carboxylic acids is 1. The molecule has 1 heterocycles. The summed E-state index contributed by atoms with van der Waals surface area (Å²) in [5.41, 5.74) is 2.46. The van der Waals surface area contributed by atoms with E-state index < -0.39 is 10.0 Å². The third-order valence-corrected chi connectivity index (χ3v) is 8.07. The second kappa shape index (κ2) is 10.1. The Bertz CT molecular complexity index is 1160. The van der Waals surface area contributed by atoms with Gasteiger partial charge in [-0.25, -0.2) is 8.42 Å². The lowest BCUT2D eigenvalue weighted by Crippen LogP contribution is -2.48. The molecule has 166 valence electrons. The smallest absolute Gasteiger partial charge is 0.255 e. The number of piperazine rings is 1. The van der Waals surface area contributed by atoms with E-state index in [-0.39, 0.29) is 5.91 Å². The minimum Gasteiger partial charge on any atom is -0.322 e. The zero-order valence-corrected chi connectivity index (χ0v) is 20.4. The van der Waals surface area contributed by atoms with Crippen molar-refractivity contribution >= 4 is 44.2 Å². The predicted octanol–water partition coefficient (Wildman–Crippen LogP) is 4.05. The summed E-state index contributed by atoms with van der Waals surface area (Å²) >= 11 is 2.23. The highest BCUT2D eigenvalue weighted by molar-refractivity contribution is 14.1. The maximum absolute atomic E-state index is 12.8. The van der Waals surface area contributed by atoms with Crippen molar-refractivity contribution in [3.8, 4) is 0 Å². The van der Waals surface area contributed by atoms with Crippen LogP contribution in [0, 0.1) is 3.57 Å². The number of anilines is 1. The Morgan fingerprint density at radius 2 is 1.47 bits per heavy atom. The molecule has 6 nitrogen and oxygen atoms in total. The van der Waals surface area contributed by atoms with Gasteiger partial charge in [-0.05, 0) is 76.7 Å². The van der Waals surface area contributed by atoms with Gasteiger partial charge in [0.1, 0.15) is 0 Å². The average molecular weight is 561 g/mol. The van der Waals surface area contributed by atoms with Crippen LogP contribution in [0.5, 0.6) is 0 Å². The molecule has 0 bridgehead atoms. The fourth-order valence-corrected chi connectivity index (χ4v) is 5.43. The number of sulfonamides is 1. The Labute approximate surface area is 202 Å². The summed E-state index contributed by atoms with van der Waals surface area (Å²) in [6, 6.07) is 23.8. The number of halogens is 1. The Morgan fingerprint density at radius 1 is 0.844 bits per heavy atom. The lowest BCUT2D eigenvalue weighted by atomic mass is 10.1. The van der Waals surface area contributed by atoms with E-state index in [0.717, 1.165) is 21.4 Å². The maximum Gasteiger partial charge on any atom is 0.255 e. The topological polar surface area (TPSA) is 69.7 Å². The average Bonchev–Trinajstić information content (AvgIpc) is 2.82. The largest absolute Gasteiger partial charge is 0.322 e. The highest BCUT2D eigenvalue weighted by Crippen LogP contribution is 2.19. The van der Waals surface area contributed by atoms with E-state index in [4.69, 9.17) is 0 Å². The molecule has 0 saturated carbocycles. The first kappa shape index (κ1) is 22.9. The molecule has 0 aliphatic carbocycles. The molecule has 1 fully saturated rings. The van der Waals surface area contributed by atoms with Crippen molar-refractivity contribution in [2.45, 2.75) is 11.4 Å². The van der Waals surface area contributed by atoms with Crippen LogP contribution in [-0.4, -0.2) is 49.7 Å². The van der Waals surface area contributed by atoms with Crippen molar-refractivity contribution in [3.63, 3.8) is 0 Å². The van der Waals surface area contributed by atoms with Crippen molar-refractivity contribution in [1.82, 2.24) is 9.21 Å². The number of carbonyl (C=O) groups is 1. The number of benzene rings is 3. The van der Waals surface area contributed by atoms with Crippen LogP contribution in [0.1, 0.15) is 15.9 Å². The number of nitrogens with one attached hydrogen (secondary N) is 1. The quantitative estimate of drug-likeness (QED) is 0.462. The molecule has 32 heavy (non-hydrogen) atoms. The molecule has 4 rings (SSSR count). The van der Waals surface area contributed by atoms with Crippen LogP contribution >= 0.6 is 22.6 Å². The number of amides is 1. The number of rotatable bonds is 6. The van der Waals surface area contributed by atoms with Gasteiger partial charge in [0.25, 0.3) is 5.91 Å². The second-order valence-corrected chi connectivity index (χ2v) is 10.8. The summed E-state index contributed by atoms with van der Waals surface area (Å²) in [6.45, 7) is 2.99. The molecule has 0 radical (unpaired) electrons. The fourth-order valence-electron chi connectivity index (χ4n) is 3.63. The van der Waals surface area contributed by atoms with E-state index >= 15 is 0 Å². The summed E-state index contributed by atoms with van der Waals surface area (Å²) in [7, 11) is -3.44. The van der Waals surface area contributed by atoms with Gasteiger partial charge in [0.05, 0.1) is 4.90 Å². The van der Waals surface area contributed by atoms with Gasteiger partial charge in [-0.3, -0.25) is 9.69 Å². The molecule has 1 aliphatic heterocycles. The maximum atomic E-state index is 12.8. The Kier molecular flexibility index (Phi) is 7.24. The molecule has 1 saturated heterocycles. The van der Waals surface area contributed by atoms with E-state index in [1.54, 1.807) is 28.6 Å². The Balaban J connectivity index is 1.31. The Morgan fingerprint density at radius 3 is 2.09 bits per heavy atom. The van der Waals surface area contributed by atoms with E-state index in [2.05, 4.69) is 32.8 Å². The van der Waals surface area contributed by atoms with Crippen LogP contribution in [0.15, 0.2) is 83.8 Å². The lowest BCUT2D eigenvalue weighted by Gasteiger charge is -2.34. The molecule has 3 aromatic rings. The summed E-state index contributed by atoms with van der Waals surface area (Å²) in [5, 5.41) is 2.90. The van der Waals surface area contributed by atoms with Gasteiger partial charge >= 0.3 is 0 Å². The first-order valence-corrected chi connectivity index (χ1v) is 12.9. The van der Waals surface area contributed by atoms with Gasteiger partial charge < -0.3 is 5.32 Å². The third-order valence-electron chi connectivity index (χ3n) is 5.44. The molecule has 0 unspecified atom stereocenters. The van der Waals surface area contributed by atoms with Crippen molar-refractivity contribution in [3.05, 3.63) is 93.6 Å². The molecule has 1 amide bonds. The number of nitrogens with zero attached hydrogens (tertiary/aromatic N) is 2. The van der Waals surface area contributed by atoms with Crippen LogP contribution in [0.4, 0.5) is 5.69 Å². The molecule has 8 heteroatoms. The van der Waals surface area contributed by atoms with Gasteiger partial charge in [0, 0.05) is 47.5 Å². The van der Waals surface area contributed by atoms with Crippen molar-refractivity contribution in [1.29, 1.82) is 0 Å². The van der Waals surface area contributed by atoms with Crippen molar-refractivity contribution < 1.29 is 13.2 Å². The molecule has 0 spiro atoms. The van der Waals surface area contributed by atoms with Crippen LogP contribution in [0.3, 0.4) is 0 Å². The second-order valence-electron chi connectivity index (χ2n) is 7.65. The first-order chi connectivity index (χ1) is 15.4. The van der Waals surface area contributed by atoms with E-state index in [1.807, 2.05) is 54.6 Å². The first-order valence-electron chi connectivity index (χ1n) is 10.4. The molecule has 3 aromatic carbocycles. The fraction of sp³-hybridized carbons (Fsp3) is 0.208. The highest BCUT2D eigenvalue weighted by Gasteiger charge is 2.28. The summed E-state index contributed by atoms with van der Waals surface area (Å²) < 4.78 is 28.2. The SMILES string of the molecule is O=C(Nc1ccc(I)cc1)c1ccc(CN2CCN(S(=O)(=O)c3ccccc3)CC2)cc1. The number of hydrogen-bond donors (Lipinski definition) is 1. The zero-order valence-electron chi connectivity index (χ0n) is 17.4. The molecule has 0 aromatic heterocycles. The van der Waals surface area contributed by atoms with Gasteiger partial charge in [0.2, 0.25) is 10.0 Å². The van der Waals surface area contributed by atoms with Crippen LogP contribution < -0.4 is 5.32 Å². The van der Waals surface area contributed by atoms with Crippen LogP contribution in [0.2, 0.25) is 0 Å². The normalized spacial score (nSPS) is 15.4. The summed E-state index contributed by atoms with van der Waals surface area (Å²) in [4.78, 5) is 15.0. The van der Waals surface area contributed by atoms with E-state index in [0.29, 0.717) is 36.6 Å². The van der Waals surface area contributed by atoms with Gasteiger partial charge in [-0.15, -0.1) is 0 Å². The molecule has 1 aliphatic rings. The standard InChI is InChI=1S/C24H24IN3O3S/c25-21-10-12-22(13-11-21)26-24(29)20-8-6-19(7-9-20)18-27-14-16-28(17-15-27)32(30,31)23-4-2-1-3-5-23/h1-13H,14-18H2,(H,26,29). The zero-order chi connectivity index (χ0) is 22.6. The molecule has 1 N–H and O–H groups in total. The molecular weight excluding hydrogens is 537 g/mol. The van der Waals surface area contributed by atoms with E-state index in [1.165, 1.54) is 0 Å². The number of hydrogen-bond acceptors (Lipinski definition) is 4. The summed E-state index contributed by atoms with van der Waals surface area (Å²) in [6.07, 6.45) is 0. The highest BCUT2D eigenvalue weighted by atomic mass is 127. The van der Waals surface area contributed by atoms with E-state index in [9.17, 15) is 13.2 Å². The third kappa shape index (κ3) is 5.55. The minimum atomic E-state index is -3.44. The lowest BCUT2D eigenvalue weighted by molar-refractivity contribution is 0.102. The monoisotopic (exact) mass is 561 g/mol. The minimum absolute atomic E-state index is 0.141. The predicted molar refractivity (Wildman–Crippen MR) is 134 cm³/mol. The molecule has 0 atom stereocenters. The molecular formula is C24H24IN3O3S. The van der Waals surface area contributed by atoms with Crippen LogP contribution in [-0.2, 0) is 16.6 Å². The van der Waals surface area contributed by atoms with Gasteiger partial charge in [0.15, 0.2) is 0 Å². The van der Waals surface area contributed by atoms with Crippen molar-refractivity contribution in [2.24, 2.45) is 0 Å². The Hall–Kier alpha value is -2.27. The van der Waals surface area contributed by atoms with Crippen LogP contribution in [0.25, 0.3) is 0 Å². The van der Waals surface area contributed by atoms with Crippen molar-refractivity contribution in [2.75, 3.05) is 31.5 Å².